The van der Waals surface area contributed by atoms with Gasteiger partial charge in [0.25, 0.3) is 0 Å². The maximum absolute atomic E-state index is 12.7. The van der Waals surface area contributed by atoms with E-state index < -0.39 is 6.10 Å². The number of rotatable bonds is 6. The van der Waals surface area contributed by atoms with Gasteiger partial charge < -0.3 is 15.2 Å². The van der Waals surface area contributed by atoms with E-state index in [0.717, 1.165) is 25.7 Å². The summed E-state index contributed by atoms with van der Waals surface area (Å²) in [4.78, 5) is 11.8. The molecule has 1 aliphatic rings. The van der Waals surface area contributed by atoms with Crippen LogP contribution in [0.2, 0.25) is 0 Å². The van der Waals surface area contributed by atoms with Gasteiger partial charge in [-0.2, -0.15) is 0 Å². The van der Waals surface area contributed by atoms with Crippen molar-refractivity contribution in [2.45, 2.75) is 50.7 Å². The summed E-state index contributed by atoms with van der Waals surface area (Å²) in [5.41, 5.74) is 0. The number of amides is 1. The van der Waals surface area contributed by atoms with Gasteiger partial charge in [-0.05, 0) is 43.5 Å². The molecule has 0 aromatic heterocycles. The highest BCUT2D eigenvalue weighted by molar-refractivity contribution is 5.76. The molecule has 1 saturated carbocycles. The van der Waals surface area contributed by atoms with Gasteiger partial charge in [-0.3, -0.25) is 4.79 Å². The molecule has 21 heavy (non-hydrogen) atoms. The lowest BCUT2D eigenvalue weighted by Gasteiger charge is -2.28. The van der Waals surface area contributed by atoms with E-state index in [1.165, 1.54) is 12.1 Å². The van der Waals surface area contributed by atoms with Crippen molar-refractivity contribution in [3.63, 3.8) is 0 Å². The van der Waals surface area contributed by atoms with Gasteiger partial charge in [0.05, 0.1) is 18.8 Å². The SMILES string of the molecule is O=C(CCCOc1ccc(F)cc1)N[C@@H]1CCCC[C@H]1O. The molecule has 0 radical (unpaired) electrons. The number of benzene rings is 1. The smallest absolute Gasteiger partial charge is 0.220 e. The lowest BCUT2D eigenvalue weighted by Crippen LogP contribution is -2.45. The maximum Gasteiger partial charge on any atom is 0.220 e. The average Bonchev–Trinajstić information content (AvgIpc) is 2.48. The van der Waals surface area contributed by atoms with Crippen molar-refractivity contribution >= 4 is 5.91 Å². The van der Waals surface area contributed by atoms with Crippen molar-refractivity contribution in [3.05, 3.63) is 30.1 Å². The zero-order valence-electron chi connectivity index (χ0n) is 12.1. The van der Waals surface area contributed by atoms with E-state index in [1.807, 2.05) is 0 Å². The highest BCUT2D eigenvalue weighted by atomic mass is 19.1. The number of aliphatic hydroxyl groups excluding tert-OH is 1. The molecule has 0 bridgehead atoms. The highest BCUT2D eigenvalue weighted by Gasteiger charge is 2.24. The molecule has 4 nitrogen and oxygen atoms in total. The average molecular weight is 295 g/mol. The molecule has 5 heteroatoms. The summed E-state index contributed by atoms with van der Waals surface area (Å²) < 4.78 is 18.1. The number of ether oxygens (including phenoxy) is 1. The molecular weight excluding hydrogens is 273 g/mol. The standard InChI is InChI=1S/C16H22FNO3/c17-12-7-9-13(10-8-12)21-11-3-6-16(20)18-14-4-1-2-5-15(14)19/h7-10,14-15,19H,1-6,11H2,(H,18,20)/t14-,15-/m1/s1. The number of carbonyl (C=O) groups is 1. The second-order valence-electron chi connectivity index (χ2n) is 5.43. The van der Waals surface area contributed by atoms with Crippen LogP contribution in [0.4, 0.5) is 4.39 Å². The van der Waals surface area contributed by atoms with Crippen LogP contribution in [0.15, 0.2) is 24.3 Å². The van der Waals surface area contributed by atoms with Crippen LogP contribution in [0.5, 0.6) is 5.75 Å². The first kappa shape index (κ1) is 15.8. The van der Waals surface area contributed by atoms with Crippen molar-refractivity contribution in [2.24, 2.45) is 0 Å². The van der Waals surface area contributed by atoms with Gasteiger partial charge in [0.2, 0.25) is 5.91 Å². The highest BCUT2D eigenvalue weighted by Crippen LogP contribution is 2.18. The zero-order chi connectivity index (χ0) is 15.1. The van der Waals surface area contributed by atoms with E-state index in [2.05, 4.69) is 5.32 Å². The Balaban J connectivity index is 1.61. The molecule has 1 fully saturated rings. The van der Waals surface area contributed by atoms with Crippen molar-refractivity contribution in [1.29, 1.82) is 0 Å². The summed E-state index contributed by atoms with van der Waals surface area (Å²) in [5.74, 6) is 0.246. The van der Waals surface area contributed by atoms with Gasteiger partial charge >= 0.3 is 0 Å². The monoisotopic (exact) mass is 295 g/mol. The van der Waals surface area contributed by atoms with E-state index in [1.54, 1.807) is 12.1 Å². The summed E-state index contributed by atoms with van der Waals surface area (Å²) in [6.45, 7) is 0.409. The van der Waals surface area contributed by atoms with E-state index in [-0.39, 0.29) is 17.8 Å². The van der Waals surface area contributed by atoms with E-state index >= 15 is 0 Å². The molecule has 1 aromatic rings. The number of carbonyl (C=O) groups excluding carboxylic acids is 1. The molecule has 2 atom stereocenters. The van der Waals surface area contributed by atoms with Crippen LogP contribution in [0.25, 0.3) is 0 Å². The van der Waals surface area contributed by atoms with Crippen molar-refractivity contribution in [1.82, 2.24) is 5.32 Å². The van der Waals surface area contributed by atoms with Crippen LogP contribution >= 0.6 is 0 Å². The third-order valence-electron chi connectivity index (χ3n) is 3.71. The summed E-state index contributed by atoms with van der Waals surface area (Å²) in [5, 5.41) is 12.7. The minimum atomic E-state index is -0.418. The van der Waals surface area contributed by atoms with Crippen LogP contribution in [0.1, 0.15) is 38.5 Å². The molecule has 1 aliphatic carbocycles. The number of hydrogen-bond acceptors (Lipinski definition) is 3. The lowest BCUT2D eigenvalue weighted by atomic mass is 9.92. The Labute approximate surface area is 124 Å². The topological polar surface area (TPSA) is 58.6 Å². The molecular formula is C16H22FNO3. The molecule has 0 unspecified atom stereocenters. The van der Waals surface area contributed by atoms with E-state index in [4.69, 9.17) is 4.74 Å². The van der Waals surface area contributed by atoms with Crippen molar-refractivity contribution in [2.75, 3.05) is 6.61 Å². The molecule has 2 N–H and O–H groups in total. The van der Waals surface area contributed by atoms with Crippen LogP contribution in [0.3, 0.4) is 0 Å². The third kappa shape index (κ3) is 5.34. The fraction of sp³-hybridized carbons (Fsp3) is 0.562. The van der Waals surface area contributed by atoms with Gasteiger partial charge in [-0.1, -0.05) is 12.8 Å². The second kappa shape index (κ2) is 7.98. The first-order valence-electron chi connectivity index (χ1n) is 7.51. The fourth-order valence-electron chi connectivity index (χ4n) is 2.51. The number of hydrogen-bond donors (Lipinski definition) is 2. The normalized spacial score (nSPS) is 21.8. The largest absolute Gasteiger partial charge is 0.494 e. The van der Waals surface area contributed by atoms with Crippen LogP contribution in [-0.2, 0) is 4.79 Å². The molecule has 0 saturated heterocycles. The van der Waals surface area contributed by atoms with Gasteiger partial charge in [-0.15, -0.1) is 0 Å². The Bertz CT molecular complexity index is 449. The Kier molecular flexibility index (Phi) is 5.99. The van der Waals surface area contributed by atoms with Crippen molar-refractivity contribution in [3.8, 4) is 5.75 Å². The quantitative estimate of drug-likeness (QED) is 0.792. The summed E-state index contributed by atoms with van der Waals surface area (Å²) in [6, 6.07) is 5.70. The minimum Gasteiger partial charge on any atom is -0.494 e. The van der Waals surface area contributed by atoms with E-state index in [0.29, 0.717) is 25.2 Å². The maximum atomic E-state index is 12.7. The Morgan fingerprint density at radius 1 is 1.29 bits per heavy atom. The summed E-state index contributed by atoms with van der Waals surface area (Å²) in [7, 11) is 0. The molecule has 1 amide bonds. The number of aliphatic hydroxyl groups is 1. The Hall–Kier alpha value is -1.62. The fourth-order valence-corrected chi connectivity index (χ4v) is 2.51. The first-order chi connectivity index (χ1) is 10.1. The third-order valence-corrected chi connectivity index (χ3v) is 3.71. The Morgan fingerprint density at radius 2 is 2.00 bits per heavy atom. The van der Waals surface area contributed by atoms with Crippen molar-refractivity contribution < 1.29 is 19.0 Å². The van der Waals surface area contributed by atoms with E-state index in [9.17, 15) is 14.3 Å². The summed E-state index contributed by atoms with van der Waals surface area (Å²) in [6.07, 6.45) is 4.22. The Morgan fingerprint density at radius 3 is 2.71 bits per heavy atom. The first-order valence-corrected chi connectivity index (χ1v) is 7.51. The molecule has 0 spiro atoms. The summed E-state index contributed by atoms with van der Waals surface area (Å²) >= 11 is 0. The molecule has 0 heterocycles. The predicted molar refractivity (Wildman–Crippen MR) is 77.5 cm³/mol. The van der Waals surface area contributed by atoms with Crippen LogP contribution in [-0.4, -0.2) is 29.8 Å². The second-order valence-corrected chi connectivity index (χ2v) is 5.43. The van der Waals surface area contributed by atoms with Crippen LogP contribution < -0.4 is 10.1 Å². The lowest BCUT2D eigenvalue weighted by molar-refractivity contribution is -0.123. The minimum absolute atomic E-state index is 0.0522. The molecule has 0 aliphatic heterocycles. The van der Waals surface area contributed by atoms with Gasteiger partial charge in [0.1, 0.15) is 11.6 Å². The van der Waals surface area contributed by atoms with Crippen LogP contribution in [0, 0.1) is 5.82 Å². The van der Waals surface area contributed by atoms with Gasteiger partial charge in [-0.25, -0.2) is 4.39 Å². The molecule has 2 rings (SSSR count). The van der Waals surface area contributed by atoms with Gasteiger partial charge in [0.15, 0.2) is 0 Å². The molecule has 1 aromatic carbocycles. The number of halogens is 1. The number of nitrogens with one attached hydrogen (secondary N) is 1. The predicted octanol–water partition coefficient (Wildman–Crippen LogP) is 2.40. The van der Waals surface area contributed by atoms with Gasteiger partial charge in [0, 0.05) is 6.42 Å². The molecule has 116 valence electrons. The zero-order valence-corrected chi connectivity index (χ0v) is 12.1.